The molecule has 0 fully saturated rings. The van der Waals surface area contributed by atoms with E-state index in [2.05, 4.69) is 231 Å². The van der Waals surface area contributed by atoms with Crippen LogP contribution in [0.15, 0.2) is 235 Å². The predicted octanol–water partition coefficient (Wildman–Crippen LogP) is 13.3. The summed E-state index contributed by atoms with van der Waals surface area (Å²) >= 11 is 0. The maximum absolute atomic E-state index is 5.67. The molecule has 0 spiro atoms. The third-order valence-corrected chi connectivity index (χ3v) is 12.9. The summed E-state index contributed by atoms with van der Waals surface area (Å²) in [4.78, 5) is 5.67. The summed E-state index contributed by atoms with van der Waals surface area (Å²) in [6.07, 6.45) is 4.69. The third-order valence-electron chi connectivity index (χ3n) is 12.9. The molecule has 0 saturated heterocycles. The van der Waals surface area contributed by atoms with Gasteiger partial charge in [0.15, 0.2) is 0 Å². The van der Waals surface area contributed by atoms with E-state index in [9.17, 15) is 0 Å². The molecule has 3 aliphatic rings. The Bertz CT molecular complexity index is 2940. The number of rotatable bonds is 6. The van der Waals surface area contributed by atoms with E-state index >= 15 is 0 Å². The summed E-state index contributed by atoms with van der Waals surface area (Å²) in [6, 6.07) is 78.4. The minimum atomic E-state index is -0.694. The largest absolute Gasteiger partial charge is 0.248 e. The average Bonchev–Trinajstić information content (AvgIpc) is 3.49. The van der Waals surface area contributed by atoms with Crippen LogP contribution in [0.25, 0.3) is 16.8 Å². The molecule has 3 atom stereocenters. The molecule has 0 radical (unpaired) electrons. The van der Waals surface area contributed by atoms with E-state index < -0.39 is 10.8 Å². The molecule has 8 aromatic rings. The van der Waals surface area contributed by atoms with Gasteiger partial charge in [0.1, 0.15) is 0 Å². The predicted molar refractivity (Wildman–Crippen MR) is 240 cm³/mol. The lowest BCUT2D eigenvalue weighted by Gasteiger charge is -2.50. The number of nitrogens with zero attached hydrogens (tertiary/aromatic N) is 1. The minimum Gasteiger partial charge on any atom is -0.248 e. The molecule has 11 rings (SSSR count). The van der Waals surface area contributed by atoms with E-state index in [1.807, 2.05) is 0 Å². The van der Waals surface area contributed by atoms with Crippen LogP contribution in [0.5, 0.6) is 0 Å². The first kappa shape index (κ1) is 34.2. The molecule has 274 valence electrons. The van der Waals surface area contributed by atoms with E-state index in [1.165, 1.54) is 66.8 Å². The van der Waals surface area contributed by atoms with Crippen LogP contribution in [0.4, 0.5) is 0 Å². The highest BCUT2D eigenvalue weighted by Crippen LogP contribution is 2.66. The average molecular weight is 740 g/mol. The topological polar surface area (TPSA) is 12.4 Å². The van der Waals surface area contributed by atoms with Crippen LogP contribution >= 0.6 is 0 Å². The second kappa shape index (κ2) is 13.5. The van der Waals surface area contributed by atoms with Crippen molar-refractivity contribution in [3.63, 3.8) is 0 Å². The van der Waals surface area contributed by atoms with Gasteiger partial charge >= 0.3 is 0 Å². The number of hydrogen-bond acceptors (Lipinski definition) is 1. The summed E-state index contributed by atoms with van der Waals surface area (Å²) in [7, 11) is 0. The van der Waals surface area contributed by atoms with Gasteiger partial charge in [0.05, 0.1) is 22.2 Å². The Labute approximate surface area is 341 Å². The summed E-state index contributed by atoms with van der Waals surface area (Å²) < 4.78 is 0. The fraction of sp³-hybridized carbons (Fsp3) is 0.0702. The molecule has 1 heteroatoms. The normalized spacial score (nSPS) is 20.1. The lowest BCUT2D eigenvalue weighted by atomic mass is 9.51. The van der Waals surface area contributed by atoms with Gasteiger partial charge in [-0.15, -0.1) is 0 Å². The summed E-state index contributed by atoms with van der Waals surface area (Å²) in [6.45, 7) is 2.25. The van der Waals surface area contributed by atoms with Gasteiger partial charge in [-0.1, -0.05) is 218 Å². The van der Waals surface area contributed by atoms with Crippen molar-refractivity contribution in [2.75, 3.05) is 0 Å². The van der Waals surface area contributed by atoms with Gasteiger partial charge in [0.2, 0.25) is 0 Å². The molecule has 0 bridgehead atoms. The first-order valence-electron chi connectivity index (χ1n) is 20.3. The quantitative estimate of drug-likeness (QED) is 0.161. The second-order valence-electron chi connectivity index (χ2n) is 15.8. The van der Waals surface area contributed by atoms with Crippen LogP contribution < -0.4 is 0 Å². The van der Waals surface area contributed by atoms with Crippen LogP contribution in [-0.4, -0.2) is 5.71 Å². The summed E-state index contributed by atoms with van der Waals surface area (Å²) in [5, 5.41) is 0. The Hall–Kier alpha value is -7.09. The first-order valence-corrected chi connectivity index (χ1v) is 20.3. The van der Waals surface area contributed by atoms with Crippen molar-refractivity contribution in [3.05, 3.63) is 291 Å². The highest BCUT2D eigenvalue weighted by molar-refractivity contribution is 6.12. The van der Waals surface area contributed by atoms with Gasteiger partial charge in [-0.2, -0.15) is 0 Å². The minimum absolute atomic E-state index is 0.0433. The first-order chi connectivity index (χ1) is 28.7. The van der Waals surface area contributed by atoms with Crippen molar-refractivity contribution < 1.29 is 0 Å². The Kier molecular flexibility index (Phi) is 7.98. The smallest absolute Gasteiger partial charge is 0.0720 e. The van der Waals surface area contributed by atoms with E-state index in [0.717, 1.165) is 22.5 Å². The molecule has 58 heavy (non-hydrogen) atoms. The van der Waals surface area contributed by atoms with Crippen molar-refractivity contribution in [1.29, 1.82) is 0 Å². The maximum Gasteiger partial charge on any atom is 0.0720 e. The SMILES string of the molecule is CC1=CC(c2ccccc2)=NC(c2ccccc2C2(c3ccccc3)c3ccccc3C3(c4ccccc4)c4ccccc4-c4cccc2c43)=CC1c1ccccc1. The van der Waals surface area contributed by atoms with Crippen molar-refractivity contribution in [2.24, 2.45) is 4.99 Å². The van der Waals surface area contributed by atoms with Crippen LogP contribution in [-0.2, 0) is 10.8 Å². The van der Waals surface area contributed by atoms with Crippen molar-refractivity contribution in [2.45, 2.75) is 23.7 Å². The van der Waals surface area contributed by atoms with Gasteiger partial charge in [-0.25, -0.2) is 4.99 Å². The molecule has 1 aliphatic heterocycles. The number of allylic oxidation sites excluding steroid dienone is 3. The van der Waals surface area contributed by atoms with Crippen molar-refractivity contribution in [1.82, 2.24) is 0 Å². The summed E-state index contributed by atoms with van der Waals surface area (Å²) in [5.41, 5.74) is 18.4. The zero-order valence-corrected chi connectivity index (χ0v) is 32.4. The van der Waals surface area contributed by atoms with Crippen LogP contribution in [0, 0.1) is 0 Å². The molecular weight excluding hydrogens is 699 g/mol. The molecule has 2 aliphatic carbocycles. The highest BCUT2D eigenvalue weighted by Gasteiger charge is 2.58. The van der Waals surface area contributed by atoms with E-state index in [4.69, 9.17) is 4.99 Å². The molecule has 0 saturated carbocycles. The third kappa shape index (κ3) is 4.86. The van der Waals surface area contributed by atoms with Crippen molar-refractivity contribution >= 4 is 11.4 Å². The van der Waals surface area contributed by atoms with Gasteiger partial charge in [0.25, 0.3) is 0 Å². The number of aliphatic imine (C=N–C) groups is 1. The van der Waals surface area contributed by atoms with E-state index in [-0.39, 0.29) is 5.92 Å². The Balaban J connectivity index is 1.28. The lowest BCUT2D eigenvalue weighted by Crippen LogP contribution is -2.44. The van der Waals surface area contributed by atoms with Crippen LogP contribution in [0.1, 0.15) is 74.0 Å². The molecule has 8 aromatic carbocycles. The molecule has 1 nitrogen and oxygen atoms in total. The Morgan fingerprint density at radius 3 is 1.52 bits per heavy atom. The van der Waals surface area contributed by atoms with Gasteiger partial charge in [0, 0.05) is 17.0 Å². The summed E-state index contributed by atoms with van der Waals surface area (Å²) in [5.74, 6) is 0.0433. The van der Waals surface area contributed by atoms with Crippen LogP contribution in [0.2, 0.25) is 0 Å². The Morgan fingerprint density at radius 2 is 0.862 bits per heavy atom. The number of benzene rings is 8. The fourth-order valence-electron chi connectivity index (χ4n) is 10.6. The standard InChI is InChI=1S/C57H41N/c1-39-37-53(41-23-8-3-9-24-41)58-54(38-47(39)40-21-6-2-7-22-40)46-30-15-17-33-49(46)56(42-25-10-4-11-26-42)50-34-18-19-35-51(50)57(43-27-12-5-13-28-43)48-32-16-14-29-44(48)45-31-20-36-52(56)55(45)57/h2-38,47H,1H3. The molecular formula is C57H41N. The lowest BCUT2D eigenvalue weighted by molar-refractivity contribution is 0.625. The zero-order valence-electron chi connectivity index (χ0n) is 32.4. The monoisotopic (exact) mass is 739 g/mol. The molecule has 1 heterocycles. The van der Waals surface area contributed by atoms with Gasteiger partial charge in [-0.3, -0.25) is 0 Å². The molecule has 3 unspecified atom stereocenters. The highest BCUT2D eigenvalue weighted by atomic mass is 14.8. The van der Waals surface area contributed by atoms with Crippen molar-refractivity contribution in [3.8, 4) is 11.1 Å². The fourth-order valence-corrected chi connectivity index (χ4v) is 10.6. The molecule has 0 aromatic heterocycles. The number of fused-ring (bicyclic) bond motifs is 5. The van der Waals surface area contributed by atoms with Gasteiger partial charge < -0.3 is 0 Å². The maximum atomic E-state index is 5.67. The molecule has 0 N–H and O–H groups in total. The van der Waals surface area contributed by atoms with E-state index in [0.29, 0.717) is 0 Å². The number of hydrogen-bond donors (Lipinski definition) is 0. The van der Waals surface area contributed by atoms with Crippen LogP contribution in [0.3, 0.4) is 0 Å². The van der Waals surface area contributed by atoms with E-state index in [1.54, 1.807) is 0 Å². The second-order valence-corrected chi connectivity index (χ2v) is 15.8. The Morgan fingerprint density at radius 1 is 0.397 bits per heavy atom. The molecule has 0 amide bonds. The zero-order chi connectivity index (χ0) is 38.7. The van der Waals surface area contributed by atoms with Gasteiger partial charge in [-0.05, 0) is 80.3 Å².